The van der Waals surface area contributed by atoms with E-state index in [1.807, 2.05) is 0 Å². The molecule has 0 unspecified atom stereocenters. The summed E-state index contributed by atoms with van der Waals surface area (Å²) in [5, 5.41) is 12.3. The lowest BCUT2D eigenvalue weighted by atomic mass is 9.75. The van der Waals surface area contributed by atoms with E-state index in [4.69, 9.17) is 10.4 Å². The van der Waals surface area contributed by atoms with Crippen LogP contribution in [0.3, 0.4) is 0 Å². The van der Waals surface area contributed by atoms with E-state index in [1.54, 1.807) is 0 Å². The molecule has 3 aliphatic rings. The lowest BCUT2D eigenvalue weighted by molar-refractivity contribution is 0.398. The van der Waals surface area contributed by atoms with E-state index in [0.717, 1.165) is 46.5 Å². The van der Waals surface area contributed by atoms with Crippen LogP contribution in [0, 0.1) is 24.2 Å². The van der Waals surface area contributed by atoms with Crippen LogP contribution in [0.4, 0.5) is 5.69 Å². The molecule has 3 nitrogen and oxygen atoms in total. The molecule has 3 heteroatoms. The standard InChI is InChI=1S/C41H55N3/c1-9-33(22-28(5)27(3)4)41(24-32-16-14-15-17-32)44-31(8)43-40-21-20-35(23-29(40)6)37(10-2)38-25-36(26-39(42)30(38)7)34-18-12-11-13-19-34/h9-10,20-23,26,32,34,42-43H,3,8,11-19,24-25H2,1-2,4-7H3/b28-22+,33-9-,37-10-,42-39?,44-41-. The number of rotatable bonds is 11. The number of allylic oxidation sites excluding steroid dienone is 11. The van der Waals surface area contributed by atoms with Gasteiger partial charge in [0, 0.05) is 11.4 Å². The first-order valence-corrected chi connectivity index (χ1v) is 16.9. The Balaban J connectivity index is 1.55. The van der Waals surface area contributed by atoms with Crippen molar-refractivity contribution in [2.24, 2.45) is 16.8 Å². The molecule has 0 heterocycles. The van der Waals surface area contributed by atoms with Gasteiger partial charge in [0.2, 0.25) is 0 Å². The van der Waals surface area contributed by atoms with Gasteiger partial charge in [0.1, 0.15) is 5.82 Å². The number of nitrogens with one attached hydrogen (secondary N) is 2. The Kier molecular flexibility index (Phi) is 11.8. The molecule has 0 bridgehead atoms. The highest BCUT2D eigenvalue weighted by molar-refractivity contribution is 6.10. The molecule has 0 aliphatic heterocycles. The molecule has 2 fully saturated rings. The number of nitrogens with zero attached hydrogens (tertiary/aromatic N) is 1. The molecule has 44 heavy (non-hydrogen) atoms. The van der Waals surface area contributed by atoms with Gasteiger partial charge in [0.15, 0.2) is 0 Å². The average Bonchev–Trinajstić information content (AvgIpc) is 3.52. The maximum absolute atomic E-state index is 8.78. The van der Waals surface area contributed by atoms with Crippen molar-refractivity contribution >= 4 is 22.7 Å². The number of anilines is 1. The summed E-state index contributed by atoms with van der Waals surface area (Å²) in [5.41, 5.74) is 13.7. The molecule has 0 radical (unpaired) electrons. The molecule has 2 N–H and O–H groups in total. The molecule has 1 aromatic rings. The van der Waals surface area contributed by atoms with Gasteiger partial charge >= 0.3 is 0 Å². The summed E-state index contributed by atoms with van der Waals surface area (Å²) >= 11 is 0. The molecule has 2 saturated carbocycles. The van der Waals surface area contributed by atoms with Gasteiger partial charge < -0.3 is 10.7 Å². The SMILES string of the molecule is C=C(\N=C(CC1CCCC1)/C(=C\C)/C=C(\C)C(=C)C)Nc1ccc(/C(=C/C)C2=C(C)C(=N)C=C(C3CCCCC3)C2)cc1C. The van der Waals surface area contributed by atoms with Crippen molar-refractivity contribution in [3.63, 3.8) is 0 Å². The smallest absolute Gasteiger partial charge is 0.123 e. The van der Waals surface area contributed by atoms with Crippen molar-refractivity contribution in [1.29, 1.82) is 5.41 Å². The predicted molar refractivity (Wildman–Crippen MR) is 194 cm³/mol. The zero-order chi connectivity index (χ0) is 31.8. The summed E-state index contributed by atoms with van der Waals surface area (Å²) in [6, 6.07) is 6.64. The molecule has 4 rings (SSSR count). The van der Waals surface area contributed by atoms with Crippen LogP contribution in [0.2, 0.25) is 0 Å². The summed E-state index contributed by atoms with van der Waals surface area (Å²) in [4.78, 5) is 5.10. The second-order valence-corrected chi connectivity index (χ2v) is 13.3. The number of aliphatic imine (C=N–C) groups is 1. The van der Waals surface area contributed by atoms with Crippen molar-refractivity contribution in [2.45, 2.75) is 112 Å². The molecule has 0 atom stereocenters. The summed E-state index contributed by atoms with van der Waals surface area (Å²) < 4.78 is 0. The molecule has 0 saturated heterocycles. The Hall–Kier alpha value is -3.46. The molecule has 234 valence electrons. The Morgan fingerprint density at radius 1 is 0.977 bits per heavy atom. The van der Waals surface area contributed by atoms with Crippen molar-refractivity contribution in [3.8, 4) is 0 Å². The predicted octanol–water partition coefficient (Wildman–Crippen LogP) is 12.0. The third-order valence-corrected chi connectivity index (χ3v) is 10.0. The molecule has 0 amide bonds. The van der Waals surface area contributed by atoms with E-state index in [1.165, 1.54) is 85.6 Å². The molecule has 1 aromatic carbocycles. The van der Waals surface area contributed by atoms with Crippen LogP contribution in [0.15, 0.2) is 99.9 Å². The molecule has 0 spiro atoms. The Bertz CT molecular complexity index is 1460. The quantitative estimate of drug-likeness (QED) is 0.196. The zero-order valence-corrected chi connectivity index (χ0v) is 28.3. The van der Waals surface area contributed by atoms with Crippen LogP contribution < -0.4 is 5.32 Å². The van der Waals surface area contributed by atoms with Gasteiger partial charge in [-0.05, 0) is 136 Å². The van der Waals surface area contributed by atoms with Gasteiger partial charge in [-0.25, -0.2) is 4.99 Å². The fourth-order valence-electron chi connectivity index (χ4n) is 7.12. The lowest BCUT2D eigenvalue weighted by Gasteiger charge is -2.30. The molecular formula is C41H55N3. The minimum Gasteiger partial charge on any atom is -0.341 e. The van der Waals surface area contributed by atoms with Gasteiger partial charge in [-0.3, -0.25) is 0 Å². The second-order valence-electron chi connectivity index (χ2n) is 13.3. The number of benzene rings is 1. The van der Waals surface area contributed by atoms with Crippen molar-refractivity contribution in [2.75, 3.05) is 5.32 Å². The summed E-state index contributed by atoms with van der Waals surface area (Å²) in [5.74, 6) is 1.98. The highest BCUT2D eigenvalue weighted by atomic mass is 15.0. The van der Waals surface area contributed by atoms with Gasteiger partial charge in [0.05, 0.1) is 5.71 Å². The number of hydrogen-bond donors (Lipinski definition) is 2. The van der Waals surface area contributed by atoms with E-state index in [2.05, 4.69) is 103 Å². The molecular weight excluding hydrogens is 534 g/mol. The lowest BCUT2D eigenvalue weighted by Crippen LogP contribution is -2.16. The Morgan fingerprint density at radius 3 is 2.27 bits per heavy atom. The maximum Gasteiger partial charge on any atom is 0.123 e. The van der Waals surface area contributed by atoms with E-state index >= 15 is 0 Å². The second kappa shape index (κ2) is 15.5. The fraction of sp³-hybridized carbons (Fsp3) is 0.463. The van der Waals surface area contributed by atoms with Crippen LogP contribution >= 0.6 is 0 Å². The summed E-state index contributed by atoms with van der Waals surface area (Å²) in [6.45, 7) is 21.2. The van der Waals surface area contributed by atoms with Crippen LogP contribution in [-0.4, -0.2) is 11.4 Å². The van der Waals surface area contributed by atoms with Gasteiger partial charge in [-0.2, -0.15) is 0 Å². The highest BCUT2D eigenvalue weighted by Crippen LogP contribution is 2.41. The normalized spacial score (nSPS) is 19.9. The van der Waals surface area contributed by atoms with Crippen molar-refractivity contribution in [1.82, 2.24) is 0 Å². The highest BCUT2D eigenvalue weighted by Gasteiger charge is 2.25. The van der Waals surface area contributed by atoms with Crippen LogP contribution in [-0.2, 0) is 0 Å². The van der Waals surface area contributed by atoms with E-state index < -0.39 is 0 Å². The maximum atomic E-state index is 8.78. The Morgan fingerprint density at radius 2 is 1.66 bits per heavy atom. The van der Waals surface area contributed by atoms with Crippen LogP contribution in [0.25, 0.3) is 5.57 Å². The third-order valence-electron chi connectivity index (χ3n) is 10.0. The van der Waals surface area contributed by atoms with E-state index in [0.29, 0.717) is 23.4 Å². The van der Waals surface area contributed by atoms with E-state index in [9.17, 15) is 0 Å². The summed E-state index contributed by atoms with van der Waals surface area (Å²) in [6.07, 6.45) is 22.4. The first-order valence-electron chi connectivity index (χ1n) is 16.9. The van der Waals surface area contributed by atoms with Gasteiger partial charge in [0.25, 0.3) is 0 Å². The average molecular weight is 590 g/mol. The van der Waals surface area contributed by atoms with Crippen LogP contribution in [0.5, 0.6) is 0 Å². The van der Waals surface area contributed by atoms with Crippen molar-refractivity contribution in [3.05, 3.63) is 106 Å². The molecule has 3 aliphatic carbocycles. The molecule has 0 aromatic heterocycles. The first kappa shape index (κ1) is 33.4. The topological polar surface area (TPSA) is 48.2 Å². The first-order chi connectivity index (χ1) is 21.1. The number of hydrogen-bond acceptors (Lipinski definition) is 3. The minimum absolute atomic E-state index is 0.631. The van der Waals surface area contributed by atoms with Crippen molar-refractivity contribution < 1.29 is 0 Å². The van der Waals surface area contributed by atoms with E-state index in [-0.39, 0.29) is 0 Å². The van der Waals surface area contributed by atoms with Gasteiger partial charge in [-0.1, -0.05) is 93.5 Å². The third kappa shape index (κ3) is 8.37. The Labute approximate surface area is 267 Å². The van der Waals surface area contributed by atoms with Crippen LogP contribution in [0.1, 0.15) is 116 Å². The van der Waals surface area contributed by atoms with Gasteiger partial charge in [-0.15, -0.1) is 0 Å². The number of aryl methyl sites for hydroxylation is 1. The largest absolute Gasteiger partial charge is 0.341 e. The fourth-order valence-corrected chi connectivity index (χ4v) is 7.12. The zero-order valence-electron chi connectivity index (χ0n) is 28.3. The minimum atomic E-state index is 0.631. The monoisotopic (exact) mass is 589 g/mol. The summed E-state index contributed by atoms with van der Waals surface area (Å²) in [7, 11) is 0.